The van der Waals surface area contributed by atoms with Gasteiger partial charge in [0.2, 0.25) is 0 Å². The zero-order valence-electron chi connectivity index (χ0n) is 17.5. The Kier molecular flexibility index (Phi) is 6.89. The number of rotatable bonds is 9. The molecule has 0 bridgehead atoms. The van der Waals surface area contributed by atoms with E-state index < -0.39 is 10.0 Å². The van der Waals surface area contributed by atoms with Gasteiger partial charge in [-0.25, -0.2) is 13.4 Å². The quantitative estimate of drug-likeness (QED) is 0.377. The van der Waals surface area contributed by atoms with Crippen molar-refractivity contribution in [2.24, 2.45) is 0 Å². The second-order valence-electron chi connectivity index (χ2n) is 7.28. The van der Waals surface area contributed by atoms with Crippen molar-refractivity contribution in [3.8, 4) is 11.3 Å². The van der Waals surface area contributed by atoms with Gasteiger partial charge in [-0.15, -0.1) is 0 Å². The largest absolute Gasteiger partial charge is 0.312 e. The van der Waals surface area contributed by atoms with Gasteiger partial charge in [0, 0.05) is 24.5 Å². The summed E-state index contributed by atoms with van der Waals surface area (Å²) in [6.07, 6.45) is 4.00. The maximum atomic E-state index is 12.7. The molecule has 4 aromatic rings. The lowest BCUT2D eigenvalue weighted by molar-refractivity contribution is 0.601. The minimum Gasteiger partial charge on any atom is -0.312 e. The summed E-state index contributed by atoms with van der Waals surface area (Å²) in [4.78, 5) is 8.75. The molecule has 1 heterocycles. The third-order valence-corrected chi connectivity index (χ3v) is 6.33. The van der Waals surface area contributed by atoms with Gasteiger partial charge in [0.25, 0.3) is 10.0 Å². The number of nitrogens with zero attached hydrogens (tertiary/aromatic N) is 2. The molecule has 3 aromatic carbocycles. The van der Waals surface area contributed by atoms with Crippen LogP contribution in [0.25, 0.3) is 11.3 Å². The monoisotopic (exact) mass is 444 g/mol. The molecule has 0 amide bonds. The first-order valence-corrected chi connectivity index (χ1v) is 11.8. The van der Waals surface area contributed by atoms with Crippen molar-refractivity contribution in [2.45, 2.75) is 17.9 Å². The van der Waals surface area contributed by atoms with Gasteiger partial charge >= 0.3 is 0 Å². The number of hydrogen-bond donors (Lipinski definition) is 2. The molecule has 0 atom stereocenters. The zero-order chi connectivity index (χ0) is 22.2. The summed E-state index contributed by atoms with van der Waals surface area (Å²) < 4.78 is 28.0. The highest BCUT2D eigenvalue weighted by molar-refractivity contribution is 7.92. The molecule has 0 spiro atoms. The lowest BCUT2D eigenvalue weighted by atomic mass is 10.1. The van der Waals surface area contributed by atoms with Gasteiger partial charge < -0.3 is 5.32 Å². The number of sulfonamides is 1. The lowest BCUT2D eigenvalue weighted by Crippen LogP contribution is -2.16. The van der Waals surface area contributed by atoms with E-state index in [0.717, 1.165) is 30.6 Å². The molecule has 0 saturated heterocycles. The SMILES string of the molecule is O=S(=O)(Nc1nccnc1-c1ccc(CNCCc2ccccc2)cc1)c1ccccc1. The maximum absolute atomic E-state index is 12.7. The maximum Gasteiger partial charge on any atom is 0.263 e. The fourth-order valence-electron chi connectivity index (χ4n) is 3.30. The standard InChI is InChI=1S/C25H24N4O2S/c30-32(31,23-9-5-2-6-10-23)29-25-24(27-17-18-28-25)22-13-11-21(12-14-22)19-26-16-15-20-7-3-1-4-8-20/h1-14,17-18,26H,15-16,19H2,(H,28,29). The van der Waals surface area contributed by atoms with Crippen molar-refractivity contribution in [1.29, 1.82) is 0 Å². The van der Waals surface area contributed by atoms with Gasteiger partial charge in [0.15, 0.2) is 5.82 Å². The van der Waals surface area contributed by atoms with Crippen LogP contribution in [-0.4, -0.2) is 24.9 Å². The van der Waals surface area contributed by atoms with Gasteiger partial charge in [0.1, 0.15) is 5.69 Å². The summed E-state index contributed by atoms with van der Waals surface area (Å²) in [6, 6.07) is 26.5. The average Bonchev–Trinajstić information content (AvgIpc) is 2.84. The van der Waals surface area contributed by atoms with Crippen LogP contribution in [0.5, 0.6) is 0 Å². The predicted octanol–water partition coefficient (Wildman–Crippen LogP) is 4.28. The van der Waals surface area contributed by atoms with E-state index >= 15 is 0 Å². The van der Waals surface area contributed by atoms with Crippen LogP contribution in [0, 0.1) is 0 Å². The van der Waals surface area contributed by atoms with Crippen molar-refractivity contribution < 1.29 is 8.42 Å². The first kappa shape index (κ1) is 21.7. The van der Waals surface area contributed by atoms with Crippen molar-refractivity contribution in [3.05, 3.63) is 108 Å². The topological polar surface area (TPSA) is 84.0 Å². The van der Waals surface area contributed by atoms with Gasteiger partial charge in [-0.1, -0.05) is 72.8 Å². The van der Waals surface area contributed by atoms with E-state index in [-0.39, 0.29) is 10.7 Å². The molecule has 4 rings (SSSR count). The van der Waals surface area contributed by atoms with Gasteiger partial charge in [-0.05, 0) is 36.2 Å². The Morgan fingerprint density at radius 1 is 0.719 bits per heavy atom. The summed E-state index contributed by atoms with van der Waals surface area (Å²) in [7, 11) is -3.75. The number of hydrogen-bond acceptors (Lipinski definition) is 5. The molecule has 32 heavy (non-hydrogen) atoms. The highest BCUT2D eigenvalue weighted by atomic mass is 32.2. The minimum atomic E-state index is -3.75. The molecule has 0 unspecified atom stereocenters. The molecule has 1 aromatic heterocycles. The van der Waals surface area contributed by atoms with Crippen LogP contribution in [-0.2, 0) is 23.0 Å². The van der Waals surface area contributed by atoms with E-state index in [1.165, 1.54) is 23.9 Å². The predicted molar refractivity (Wildman–Crippen MR) is 127 cm³/mol. The zero-order valence-corrected chi connectivity index (χ0v) is 18.3. The summed E-state index contributed by atoms with van der Waals surface area (Å²) in [5, 5.41) is 3.45. The number of benzene rings is 3. The van der Waals surface area contributed by atoms with Crippen molar-refractivity contribution in [1.82, 2.24) is 15.3 Å². The van der Waals surface area contributed by atoms with E-state index in [4.69, 9.17) is 0 Å². The van der Waals surface area contributed by atoms with E-state index in [2.05, 4.69) is 44.3 Å². The number of nitrogens with one attached hydrogen (secondary N) is 2. The fourth-order valence-corrected chi connectivity index (χ4v) is 4.34. The lowest BCUT2D eigenvalue weighted by Gasteiger charge is -2.11. The first-order valence-electron chi connectivity index (χ1n) is 10.3. The smallest absolute Gasteiger partial charge is 0.263 e. The van der Waals surface area contributed by atoms with E-state index in [1.54, 1.807) is 24.4 Å². The Morgan fingerprint density at radius 3 is 2.09 bits per heavy atom. The Balaban J connectivity index is 1.42. The van der Waals surface area contributed by atoms with Gasteiger partial charge in [0.05, 0.1) is 4.90 Å². The normalized spacial score (nSPS) is 11.2. The second-order valence-corrected chi connectivity index (χ2v) is 8.96. The highest BCUT2D eigenvalue weighted by Gasteiger charge is 2.17. The van der Waals surface area contributed by atoms with Gasteiger partial charge in [-0.3, -0.25) is 9.71 Å². The van der Waals surface area contributed by atoms with Crippen LogP contribution in [0.1, 0.15) is 11.1 Å². The van der Waals surface area contributed by atoms with Gasteiger partial charge in [-0.2, -0.15) is 0 Å². The molecule has 0 saturated carbocycles. The summed E-state index contributed by atoms with van der Waals surface area (Å²) >= 11 is 0. The third kappa shape index (κ3) is 5.57. The molecule has 0 fully saturated rings. The average molecular weight is 445 g/mol. The molecule has 7 heteroatoms. The van der Waals surface area contributed by atoms with E-state index in [0.29, 0.717) is 5.69 Å². The molecule has 2 N–H and O–H groups in total. The molecule has 0 aliphatic carbocycles. The van der Waals surface area contributed by atoms with Crippen LogP contribution in [0.3, 0.4) is 0 Å². The van der Waals surface area contributed by atoms with Crippen LogP contribution >= 0.6 is 0 Å². The van der Waals surface area contributed by atoms with E-state index in [1.807, 2.05) is 30.3 Å². The first-order chi connectivity index (χ1) is 15.6. The van der Waals surface area contributed by atoms with Crippen LogP contribution < -0.4 is 10.0 Å². The van der Waals surface area contributed by atoms with Crippen LogP contribution in [0.2, 0.25) is 0 Å². The summed E-state index contributed by atoms with van der Waals surface area (Å²) in [5.74, 6) is 0.199. The Labute approximate surface area is 188 Å². The van der Waals surface area contributed by atoms with E-state index in [9.17, 15) is 8.42 Å². The number of aromatic nitrogens is 2. The summed E-state index contributed by atoms with van der Waals surface area (Å²) in [5.41, 5.74) is 3.72. The Bertz CT molecular complexity index is 1250. The molecule has 162 valence electrons. The van der Waals surface area contributed by atoms with Crippen LogP contribution in [0.15, 0.2) is 102 Å². The molecular formula is C25H24N4O2S. The Hall–Kier alpha value is -3.55. The molecule has 0 aliphatic heterocycles. The molecular weight excluding hydrogens is 420 g/mol. The van der Waals surface area contributed by atoms with Crippen LogP contribution in [0.4, 0.5) is 5.82 Å². The molecule has 0 aliphatic rings. The highest BCUT2D eigenvalue weighted by Crippen LogP contribution is 2.26. The molecule has 0 radical (unpaired) electrons. The van der Waals surface area contributed by atoms with Crippen molar-refractivity contribution >= 4 is 15.8 Å². The second kappa shape index (κ2) is 10.2. The molecule has 6 nitrogen and oxygen atoms in total. The third-order valence-electron chi connectivity index (χ3n) is 4.97. The Morgan fingerprint density at radius 2 is 1.38 bits per heavy atom. The number of anilines is 1. The van der Waals surface area contributed by atoms with Crippen molar-refractivity contribution in [3.63, 3.8) is 0 Å². The van der Waals surface area contributed by atoms with Crippen molar-refractivity contribution in [2.75, 3.05) is 11.3 Å². The minimum absolute atomic E-state index is 0.175. The fraction of sp³-hybridized carbons (Fsp3) is 0.120. The summed E-state index contributed by atoms with van der Waals surface area (Å²) in [6.45, 7) is 1.64.